The summed E-state index contributed by atoms with van der Waals surface area (Å²) < 4.78 is 0. The summed E-state index contributed by atoms with van der Waals surface area (Å²) in [6.45, 7) is 2.64. The van der Waals surface area contributed by atoms with Gasteiger partial charge in [0.2, 0.25) is 5.91 Å². The molecule has 112 valence electrons. The molecule has 3 atom stereocenters. The summed E-state index contributed by atoms with van der Waals surface area (Å²) >= 11 is 1.52. The standard InChI is InChI=1S/C15H18N2O3S/c1-9-17(13(8-21-9)15(19)20)14(18)11-6-7-16-12-5-3-2-4-10(11)12/h2-5,9,11,13,16H,6-8H2,1H3,(H,19,20). The van der Waals surface area contributed by atoms with Crippen LogP contribution >= 0.6 is 11.8 Å². The minimum Gasteiger partial charge on any atom is -0.480 e. The summed E-state index contributed by atoms with van der Waals surface area (Å²) in [5.74, 6) is -0.754. The van der Waals surface area contributed by atoms with Crippen LogP contribution in [-0.4, -0.2) is 45.6 Å². The van der Waals surface area contributed by atoms with Gasteiger partial charge in [-0.15, -0.1) is 11.8 Å². The predicted molar refractivity (Wildman–Crippen MR) is 82.5 cm³/mol. The Kier molecular flexibility index (Phi) is 3.80. The molecule has 2 aliphatic heterocycles. The van der Waals surface area contributed by atoms with Crippen molar-refractivity contribution in [1.82, 2.24) is 4.90 Å². The SMILES string of the molecule is CC1SCC(C(=O)O)N1C(=O)C1CCNc2ccccc21. The molecule has 1 aromatic carbocycles. The minimum atomic E-state index is -0.914. The molecule has 1 aromatic rings. The van der Waals surface area contributed by atoms with Gasteiger partial charge in [0.15, 0.2) is 0 Å². The quantitative estimate of drug-likeness (QED) is 0.874. The highest BCUT2D eigenvalue weighted by atomic mass is 32.2. The number of hydrogen-bond acceptors (Lipinski definition) is 4. The molecule has 0 spiro atoms. The molecule has 1 saturated heterocycles. The molecular formula is C15H18N2O3S. The van der Waals surface area contributed by atoms with Gasteiger partial charge in [0.05, 0.1) is 11.3 Å². The van der Waals surface area contributed by atoms with Crippen molar-refractivity contribution in [1.29, 1.82) is 0 Å². The summed E-state index contributed by atoms with van der Waals surface area (Å²) in [4.78, 5) is 25.8. The normalized spacial score (nSPS) is 27.9. The number of aliphatic carboxylic acids is 1. The second-order valence-electron chi connectivity index (χ2n) is 5.39. The van der Waals surface area contributed by atoms with E-state index in [2.05, 4.69) is 5.32 Å². The number of nitrogens with zero attached hydrogens (tertiary/aromatic N) is 1. The number of carboxylic acids is 1. The fraction of sp³-hybridized carbons (Fsp3) is 0.467. The Balaban J connectivity index is 1.90. The third-order valence-electron chi connectivity index (χ3n) is 4.15. The van der Waals surface area contributed by atoms with Crippen molar-refractivity contribution in [2.75, 3.05) is 17.6 Å². The molecule has 0 saturated carbocycles. The lowest BCUT2D eigenvalue weighted by atomic mass is 9.89. The highest BCUT2D eigenvalue weighted by Crippen LogP contribution is 2.37. The van der Waals surface area contributed by atoms with Crippen LogP contribution in [0.5, 0.6) is 0 Å². The van der Waals surface area contributed by atoms with Crippen LogP contribution in [0, 0.1) is 0 Å². The van der Waals surface area contributed by atoms with E-state index in [4.69, 9.17) is 0 Å². The van der Waals surface area contributed by atoms with Crippen LogP contribution in [0.3, 0.4) is 0 Å². The Hall–Kier alpha value is -1.69. The van der Waals surface area contributed by atoms with Crippen LogP contribution in [0.15, 0.2) is 24.3 Å². The molecule has 3 rings (SSSR count). The van der Waals surface area contributed by atoms with E-state index in [1.54, 1.807) is 4.90 Å². The van der Waals surface area contributed by atoms with Crippen molar-refractivity contribution in [2.24, 2.45) is 0 Å². The number of anilines is 1. The Labute approximate surface area is 127 Å². The summed E-state index contributed by atoms with van der Waals surface area (Å²) in [6, 6.07) is 7.06. The zero-order valence-electron chi connectivity index (χ0n) is 11.8. The van der Waals surface area contributed by atoms with Crippen LogP contribution < -0.4 is 5.32 Å². The monoisotopic (exact) mass is 306 g/mol. The average molecular weight is 306 g/mol. The van der Waals surface area contributed by atoms with E-state index in [9.17, 15) is 14.7 Å². The van der Waals surface area contributed by atoms with Crippen LogP contribution in [0.25, 0.3) is 0 Å². The first-order valence-corrected chi connectivity index (χ1v) is 8.14. The number of benzene rings is 1. The fourth-order valence-electron chi connectivity index (χ4n) is 3.07. The average Bonchev–Trinajstić information content (AvgIpc) is 2.88. The van der Waals surface area contributed by atoms with E-state index in [0.717, 1.165) is 17.8 Å². The summed E-state index contributed by atoms with van der Waals surface area (Å²) in [5, 5.41) is 12.5. The lowest BCUT2D eigenvalue weighted by Gasteiger charge is -2.32. The number of thioether (sulfide) groups is 1. The molecule has 0 radical (unpaired) electrons. The molecule has 21 heavy (non-hydrogen) atoms. The van der Waals surface area contributed by atoms with E-state index in [0.29, 0.717) is 12.2 Å². The van der Waals surface area contributed by atoms with Gasteiger partial charge in [0.25, 0.3) is 0 Å². The topological polar surface area (TPSA) is 69.6 Å². The summed E-state index contributed by atoms with van der Waals surface area (Å²) in [5.41, 5.74) is 1.95. The number of amides is 1. The molecule has 6 heteroatoms. The Morgan fingerprint density at radius 1 is 1.38 bits per heavy atom. The van der Waals surface area contributed by atoms with Gasteiger partial charge in [0, 0.05) is 18.0 Å². The number of carbonyl (C=O) groups excluding carboxylic acids is 1. The van der Waals surface area contributed by atoms with Crippen molar-refractivity contribution in [3.8, 4) is 0 Å². The van der Waals surface area contributed by atoms with Crippen LogP contribution in [0.1, 0.15) is 24.8 Å². The Morgan fingerprint density at radius 3 is 2.90 bits per heavy atom. The van der Waals surface area contributed by atoms with Crippen molar-refractivity contribution in [3.05, 3.63) is 29.8 Å². The van der Waals surface area contributed by atoms with E-state index >= 15 is 0 Å². The molecule has 0 bridgehead atoms. The molecule has 5 nitrogen and oxygen atoms in total. The number of hydrogen-bond donors (Lipinski definition) is 2. The van der Waals surface area contributed by atoms with Crippen LogP contribution in [0.4, 0.5) is 5.69 Å². The Bertz CT molecular complexity index is 578. The second kappa shape index (κ2) is 5.60. The molecule has 3 unspecified atom stereocenters. The maximum absolute atomic E-state index is 12.9. The molecule has 2 N–H and O–H groups in total. The summed E-state index contributed by atoms with van der Waals surface area (Å²) in [6.07, 6.45) is 0.704. The van der Waals surface area contributed by atoms with Crippen LogP contribution in [-0.2, 0) is 9.59 Å². The van der Waals surface area contributed by atoms with Crippen LogP contribution in [0.2, 0.25) is 0 Å². The highest BCUT2D eigenvalue weighted by Gasteiger charge is 2.42. The molecule has 2 heterocycles. The van der Waals surface area contributed by atoms with Crippen molar-refractivity contribution in [2.45, 2.75) is 30.7 Å². The van der Waals surface area contributed by atoms with Gasteiger partial charge in [-0.1, -0.05) is 18.2 Å². The Morgan fingerprint density at radius 2 is 2.14 bits per heavy atom. The summed E-state index contributed by atoms with van der Waals surface area (Å²) in [7, 11) is 0. The first-order chi connectivity index (χ1) is 10.1. The second-order valence-corrected chi connectivity index (χ2v) is 6.74. The van der Waals surface area contributed by atoms with Gasteiger partial charge in [-0.2, -0.15) is 0 Å². The third-order valence-corrected chi connectivity index (χ3v) is 5.36. The predicted octanol–water partition coefficient (Wildman–Crippen LogP) is 1.96. The largest absolute Gasteiger partial charge is 0.480 e. The van der Waals surface area contributed by atoms with Crippen molar-refractivity contribution in [3.63, 3.8) is 0 Å². The minimum absolute atomic E-state index is 0.0612. The molecular weight excluding hydrogens is 288 g/mol. The van der Waals surface area contributed by atoms with Gasteiger partial charge < -0.3 is 15.3 Å². The molecule has 0 aliphatic carbocycles. The first-order valence-electron chi connectivity index (χ1n) is 7.09. The first kappa shape index (κ1) is 14.3. The molecule has 2 aliphatic rings. The van der Waals surface area contributed by atoms with Gasteiger partial charge >= 0.3 is 5.97 Å². The molecule has 0 aromatic heterocycles. The van der Waals surface area contributed by atoms with Gasteiger partial charge in [-0.05, 0) is 25.0 Å². The van der Waals surface area contributed by atoms with Crippen molar-refractivity contribution >= 4 is 29.3 Å². The highest BCUT2D eigenvalue weighted by molar-refractivity contribution is 8.00. The lowest BCUT2D eigenvalue weighted by Crippen LogP contribution is -2.47. The molecule has 1 amide bonds. The number of carbonyl (C=O) groups is 2. The van der Waals surface area contributed by atoms with Gasteiger partial charge in [0.1, 0.15) is 6.04 Å². The third kappa shape index (κ3) is 2.48. The van der Waals surface area contributed by atoms with E-state index in [1.807, 2.05) is 31.2 Å². The number of rotatable bonds is 2. The van der Waals surface area contributed by atoms with Gasteiger partial charge in [-0.3, -0.25) is 4.79 Å². The van der Waals surface area contributed by atoms with Crippen molar-refractivity contribution < 1.29 is 14.7 Å². The van der Waals surface area contributed by atoms with E-state index in [-0.39, 0.29) is 17.2 Å². The van der Waals surface area contributed by atoms with E-state index < -0.39 is 12.0 Å². The number of fused-ring (bicyclic) bond motifs is 1. The lowest BCUT2D eigenvalue weighted by molar-refractivity contribution is -0.149. The molecule has 1 fully saturated rings. The smallest absolute Gasteiger partial charge is 0.327 e. The fourth-order valence-corrected chi connectivity index (χ4v) is 4.25. The van der Waals surface area contributed by atoms with Gasteiger partial charge in [-0.25, -0.2) is 4.79 Å². The number of nitrogens with one attached hydrogen (secondary N) is 1. The number of carboxylic acid groups (broad SMARTS) is 1. The maximum atomic E-state index is 12.9. The zero-order chi connectivity index (χ0) is 15.0. The number of para-hydroxylation sites is 1. The van der Waals surface area contributed by atoms with E-state index in [1.165, 1.54) is 11.8 Å². The maximum Gasteiger partial charge on any atom is 0.327 e. The zero-order valence-corrected chi connectivity index (χ0v) is 12.6.